The van der Waals surface area contributed by atoms with E-state index in [2.05, 4.69) is 5.32 Å². The Bertz CT molecular complexity index is 1500. The molecule has 0 fully saturated rings. The molecule has 1 aromatic heterocycles. The summed E-state index contributed by atoms with van der Waals surface area (Å²) in [5, 5.41) is 3.33. The lowest BCUT2D eigenvalue weighted by molar-refractivity contribution is 0.0964. The molecule has 0 atom stereocenters. The van der Waals surface area contributed by atoms with Crippen molar-refractivity contribution in [2.24, 2.45) is 0 Å². The van der Waals surface area contributed by atoms with Crippen molar-refractivity contribution in [3.8, 4) is 22.5 Å². The van der Waals surface area contributed by atoms with Gasteiger partial charge in [-0.15, -0.1) is 0 Å². The topological polar surface area (TPSA) is 79.6 Å². The van der Waals surface area contributed by atoms with Crippen LogP contribution in [0.5, 0.6) is 0 Å². The van der Waals surface area contributed by atoms with E-state index in [0.29, 0.717) is 33.5 Å². The third-order valence-corrected chi connectivity index (χ3v) is 6.98. The molecule has 0 bridgehead atoms. The van der Waals surface area contributed by atoms with E-state index in [9.17, 15) is 13.2 Å². The highest BCUT2D eigenvalue weighted by molar-refractivity contribution is 7.92. The highest BCUT2D eigenvalue weighted by atomic mass is 32.2. The summed E-state index contributed by atoms with van der Waals surface area (Å²) in [6, 6.07) is 20.8. The molecule has 0 aliphatic rings. The Hall–Kier alpha value is -3.84. The Kier molecular flexibility index (Phi) is 6.80. The molecule has 1 amide bonds. The zero-order valence-corrected chi connectivity index (χ0v) is 21.0. The number of carbonyl (C=O) groups is 1. The van der Waals surface area contributed by atoms with Crippen LogP contribution in [0.1, 0.15) is 22.8 Å². The summed E-state index contributed by atoms with van der Waals surface area (Å²) in [5.41, 5.74) is 4.71. The summed E-state index contributed by atoms with van der Waals surface area (Å²) in [6.07, 6.45) is 4.78. The molecular formula is C28H28N2O4S. The number of hydrogen-bond donors (Lipinski definition) is 1. The highest BCUT2D eigenvalue weighted by Gasteiger charge is 2.26. The van der Waals surface area contributed by atoms with Gasteiger partial charge in [0.05, 0.1) is 24.1 Å². The van der Waals surface area contributed by atoms with Crippen LogP contribution < -0.4 is 9.62 Å². The van der Waals surface area contributed by atoms with Gasteiger partial charge in [-0.3, -0.25) is 9.10 Å². The second-order valence-electron chi connectivity index (χ2n) is 8.35. The number of allylic oxidation sites excluding steroid dienone is 1. The number of nitrogens with one attached hydrogen (secondary N) is 1. The van der Waals surface area contributed by atoms with Crippen molar-refractivity contribution in [1.29, 1.82) is 0 Å². The van der Waals surface area contributed by atoms with Crippen LogP contribution in [0.4, 0.5) is 5.69 Å². The van der Waals surface area contributed by atoms with Crippen LogP contribution in [-0.2, 0) is 10.0 Å². The summed E-state index contributed by atoms with van der Waals surface area (Å²) in [4.78, 5) is 13.0. The number of rotatable bonds is 7. The summed E-state index contributed by atoms with van der Waals surface area (Å²) < 4.78 is 33.3. The van der Waals surface area contributed by atoms with Crippen molar-refractivity contribution in [2.75, 3.05) is 24.2 Å². The third-order valence-electron chi connectivity index (χ3n) is 5.83. The quantitative estimate of drug-likeness (QED) is 0.335. The van der Waals surface area contributed by atoms with E-state index in [0.717, 1.165) is 16.7 Å². The Labute approximate surface area is 205 Å². The molecule has 6 nitrogen and oxygen atoms in total. The predicted octanol–water partition coefficient (Wildman–Crippen LogP) is 5.78. The Morgan fingerprint density at radius 3 is 2.31 bits per heavy atom. The smallest absolute Gasteiger partial charge is 0.255 e. The molecule has 0 spiro atoms. The fourth-order valence-corrected chi connectivity index (χ4v) is 4.92. The molecule has 0 aliphatic heterocycles. The van der Waals surface area contributed by atoms with Gasteiger partial charge in [-0.05, 0) is 25.5 Å². The summed E-state index contributed by atoms with van der Waals surface area (Å²) in [6.45, 7) is 4.01. The van der Waals surface area contributed by atoms with Gasteiger partial charge in [0.2, 0.25) is 10.0 Å². The maximum absolute atomic E-state index is 13.0. The molecule has 0 radical (unpaired) electrons. The number of benzene rings is 3. The lowest BCUT2D eigenvalue weighted by atomic mass is 9.98. The summed E-state index contributed by atoms with van der Waals surface area (Å²) >= 11 is 0. The van der Waals surface area contributed by atoms with Gasteiger partial charge in [-0.1, -0.05) is 72.3 Å². The number of anilines is 1. The number of carbonyl (C=O) groups excluding carboxylic acids is 1. The summed E-state index contributed by atoms with van der Waals surface area (Å²) in [7, 11) is -2.03. The first-order chi connectivity index (χ1) is 16.7. The first-order valence-corrected chi connectivity index (χ1v) is 13.1. The van der Waals surface area contributed by atoms with Crippen LogP contribution in [0.2, 0.25) is 0 Å². The number of sulfonamides is 1. The second-order valence-corrected chi connectivity index (χ2v) is 10.3. The Morgan fingerprint density at radius 2 is 1.71 bits per heavy atom. The molecule has 35 heavy (non-hydrogen) atoms. The number of amides is 1. The van der Waals surface area contributed by atoms with Crippen molar-refractivity contribution in [3.05, 3.63) is 90.0 Å². The zero-order chi connectivity index (χ0) is 25.2. The van der Waals surface area contributed by atoms with Crippen LogP contribution in [0.25, 0.3) is 33.4 Å². The molecule has 4 rings (SSSR count). The van der Waals surface area contributed by atoms with Gasteiger partial charge in [0, 0.05) is 29.6 Å². The fourth-order valence-electron chi connectivity index (χ4n) is 4.06. The predicted molar refractivity (Wildman–Crippen MR) is 142 cm³/mol. The van der Waals surface area contributed by atoms with Crippen LogP contribution in [-0.4, -0.2) is 34.2 Å². The number of furan rings is 1. The number of aryl methyl sites for hydroxylation is 1. The monoisotopic (exact) mass is 488 g/mol. The molecule has 3 aromatic carbocycles. The normalized spacial score (nSPS) is 11.8. The minimum atomic E-state index is -3.61. The first kappa shape index (κ1) is 24.3. The minimum absolute atomic E-state index is 0.175. The van der Waals surface area contributed by atoms with E-state index in [4.69, 9.17) is 4.42 Å². The average molecular weight is 489 g/mol. The SMILES string of the molecule is C/C=C/CN(c1cc2oc(-c3ccc(C)cc3)c(C(=O)NC)c2cc1-c1ccccc1)S(C)(=O)=O. The molecule has 180 valence electrons. The zero-order valence-electron chi connectivity index (χ0n) is 20.2. The maximum Gasteiger partial charge on any atom is 0.255 e. The van der Waals surface area contributed by atoms with Gasteiger partial charge in [-0.25, -0.2) is 8.42 Å². The van der Waals surface area contributed by atoms with Crippen LogP contribution in [0.15, 0.2) is 83.3 Å². The lowest BCUT2D eigenvalue weighted by Gasteiger charge is -2.24. The van der Waals surface area contributed by atoms with E-state index in [1.165, 1.54) is 10.6 Å². The average Bonchev–Trinajstić information content (AvgIpc) is 3.22. The van der Waals surface area contributed by atoms with E-state index in [1.54, 1.807) is 19.2 Å². The van der Waals surface area contributed by atoms with E-state index < -0.39 is 10.0 Å². The molecular weight excluding hydrogens is 460 g/mol. The van der Waals surface area contributed by atoms with Gasteiger partial charge < -0.3 is 9.73 Å². The van der Waals surface area contributed by atoms with Gasteiger partial charge in [0.25, 0.3) is 5.91 Å². The van der Waals surface area contributed by atoms with Crippen molar-refractivity contribution >= 4 is 32.6 Å². The minimum Gasteiger partial charge on any atom is -0.455 e. The Morgan fingerprint density at radius 1 is 1.03 bits per heavy atom. The molecule has 0 unspecified atom stereocenters. The van der Waals surface area contributed by atoms with E-state index in [-0.39, 0.29) is 12.5 Å². The highest BCUT2D eigenvalue weighted by Crippen LogP contribution is 2.41. The standard InChI is InChI=1S/C28H28N2O4S/c1-5-6-16-30(35(4,32)33)24-18-25-23(17-22(24)20-10-8-7-9-11-20)26(28(31)29-3)27(34-25)21-14-12-19(2)13-15-21/h5-15,17-18H,16H2,1-4H3,(H,29,31)/b6-5+. The number of hydrogen-bond acceptors (Lipinski definition) is 4. The van der Waals surface area contributed by atoms with Gasteiger partial charge in [0.1, 0.15) is 11.3 Å². The van der Waals surface area contributed by atoms with Crippen molar-refractivity contribution < 1.29 is 17.6 Å². The van der Waals surface area contributed by atoms with E-state index in [1.807, 2.05) is 80.6 Å². The van der Waals surface area contributed by atoms with Crippen molar-refractivity contribution in [1.82, 2.24) is 5.32 Å². The van der Waals surface area contributed by atoms with Gasteiger partial charge in [0.15, 0.2) is 0 Å². The van der Waals surface area contributed by atoms with Crippen LogP contribution in [0.3, 0.4) is 0 Å². The molecule has 7 heteroatoms. The molecule has 1 heterocycles. The molecule has 0 saturated carbocycles. The van der Waals surface area contributed by atoms with Crippen LogP contribution >= 0.6 is 0 Å². The van der Waals surface area contributed by atoms with E-state index >= 15 is 0 Å². The molecule has 4 aromatic rings. The number of fused-ring (bicyclic) bond motifs is 1. The lowest BCUT2D eigenvalue weighted by Crippen LogP contribution is -2.30. The molecule has 1 N–H and O–H groups in total. The largest absolute Gasteiger partial charge is 0.455 e. The summed E-state index contributed by atoms with van der Waals surface area (Å²) in [5.74, 6) is 0.162. The van der Waals surface area contributed by atoms with Crippen LogP contribution in [0, 0.1) is 6.92 Å². The first-order valence-electron chi connectivity index (χ1n) is 11.3. The number of nitrogens with zero attached hydrogens (tertiary/aromatic N) is 1. The van der Waals surface area contributed by atoms with Gasteiger partial charge >= 0.3 is 0 Å². The van der Waals surface area contributed by atoms with Crippen molar-refractivity contribution in [2.45, 2.75) is 13.8 Å². The fraction of sp³-hybridized carbons (Fsp3) is 0.179. The van der Waals surface area contributed by atoms with Crippen molar-refractivity contribution in [3.63, 3.8) is 0 Å². The molecule has 0 saturated heterocycles. The van der Waals surface area contributed by atoms with Gasteiger partial charge in [-0.2, -0.15) is 0 Å². The maximum atomic E-state index is 13.0. The second kappa shape index (κ2) is 9.80. The third kappa shape index (κ3) is 4.86. The Balaban J connectivity index is 2.08. The molecule has 0 aliphatic carbocycles.